The normalized spacial score (nSPS) is 13.8. The molecule has 2 N–H and O–H groups in total. The van der Waals surface area contributed by atoms with Crippen molar-refractivity contribution in [2.75, 3.05) is 13.2 Å². The smallest absolute Gasteiger partial charge is 0.0436 e. The van der Waals surface area contributed by atoms with E-state index in [1.807, 2.05) is 0 Å². The maximum absolute atomic E-state index is 9.06. The van der Waals surface area contributed by atoms with Crippen LogP contribution in [-0.2, 0) is 6.42 Å². The van der Waals surface area contributed by atoms with Crippen LogP contribution in [0.25, 0.3) is 0 Å². The Bertz CT molecular complexity index is 381. The summed E-state index contributed by atoms with van der Waals surface area (Å²) in [6.45, 7) is 12.3. The highest BCUT2D eigenvalue weighted by atomic mass is 16.3. The van der Waals surface area contributed by atoms with Crippen LogP contribution in [0.15, 0.2) is 24.3 Å². The van der Waals surface area contributed by atoms with Crippen LogP contribution in [0.3, 0.4) is 0 Å². The molecule has 1 atom stereocenters. The van der Waals surface area contributed by atoms with Gasteiger partial charge >= 0.3 is 0 Å². The molecule has 0 spiro atoms. The summed E-state index contributed by atoms with van der Waals surface area (Å²) in [6, 6.07) is 9.29. The monoisotopic (exact) mass is 277 g/mol. The van der Waals surface area contributed by atoms with Gasteiger partial charge in [-0.1, -0.05) is 52.0 Å². The first-order valence-electron chi connectivity index (χ1n) is 7.77. The first-order chi connectivity index (χ1) is 9.34. The molecule has 0 aliphatic heterocycles. The first kappa shape index (κ1) is 17.2. The highest BCUT2D eigenvalue weighted by molar-refractivity contribution is 5.25. The lowest BCUT2D eigenvalue weighted by Gasteiger charge is -2.26. The fraction of sp³-hybridized carbons (Fsp3) is 0.667. The number of aliphatic hydroxyl groups excluding tert-OH is 1. The molecular weight excluding hydrogens is 246 g/mol. The van der Waals surface area contributed by atoms with Gasteiger partial charge in [-0.05, 0) is 42.2 Å². The number of nitrogens with one attached hydrogen (secondary N) is 1. The highest BCUT2D eigenvalue weighted by Crippen LogP contribution is 2.21. The molecule has 0 saturated carbocycles. The van der Waals surface area contributed by atoms with Crippen LogP contribution in [0.1, 0.15) is 58.2 Å². The molecule has 114 valence electrons. The van der Waals surface area contributed by atoms with Gasteiger partial charge in [0.2, 0.25) is 0 Å². The molecule has 0 aromatic heterocycles. The molecular formula is C18H31NO. The highest BCUT2D eigenvalue weighted by Gasteiger charge is 2.18. The van der Waals surface area contributed by atoms with Crippen molar-refractivity contribution in [1.29, 1.82) is 0 Å². The van der Waals surface area contributed by atoms with E-state index in [0.717, 1.165) is 19.4 Å². The Balaban J connectivity index is 2.53. The van der Waals surface area contributed by atoms with Gasteiger partial charge in [-0.15, -0.1) is 0 Å². The lowest BCUT2D eigenvalue weighted by Crippen LogP contribution is -2.32. The number of rotatable bonds is 8. The molecule has 20 heavy (non-hydrogen) atoms. The first-order valence-corrected chi connectivity index (χ1v) is 7.77. The lowest BCUT2D eigenvalue weighted by atomic mass is 9.89. The van der Waals surface area contributed by atoms with E-state index in [4.69, 9.17) is 5.11 Å². The summed E-state index contributed by atoms with van der Waals surface area (Å²) in [4.78, 5) is 0. The van der Waals surface area contributed by atoms with Crippen molar-refractivity contribution in [3.63, 3.8) is 0 Å². The van der Waals surface area contributed by atoms with Gasteiger partial charge in [0, 0.05) is 19.2 Å². The van der Waals surface area contributed by atoms with E-state index in [9.17, 15) is 0 Å². The van der Waals surface area contributed by atoms with Crippen LogP contribution >= 0.6 is 0 Å². The van der Waals surface area contributed by atoms with Crippen molar-refractivity contribution in [2.24, 2.45) is 11.3 Å². The fourth-order valence-corrected chi connectivity index (χ4v) is 2.35. The summed E-state index contributed by atoms with van der Waals surface area (Å²) in [7, 11) is 0. The molecule has 2 heteroatoms. The SMILES string of the molecule is CC(C)Cc1ccc(C(C)NCC(C)(C)CCO)cc1. The minimum atomic E-state index is 0.139. The second-order valence-electron chi connectivity index (χ2n) is 7.08. The quantitative estimate of drug-likeness (QED) is 0.754. The molecule has 1 unspecified atom stereocenters. The van der Waals surface area contributed by atoms with Crippen LogP contribution < -0.4 is 5.32 Å². The van der Waals surface area contributed by atoms with Gasteiger partial charge in [-0.3, -0.25) is 0 Å². The predicted molar refractivity (Wildman–Crippen MR) is 86.9 cm³/mol. The summed E-state index contributed by atoms with van der Waals surface area (Å²) in [5.74, 6) is 0.704. The lowest BCUT2D eigenvalue weighted by molar-refractivity contribution is 0.204. The average Bonchev–Trinajstić information content (AvgIpc) is 2.36. The van der Waals surface area contributed by atoms with Crippen LogP contribution in [0.4, 0.5) is 0 Å². The van der Waals surface area contributed by atoms with Crippen molar-refractivity contribution >= 4 is 0 Å². The van der Waals surface area contributed by atoms with E-state index in [1.165, 1.54) is 11.1 Å². The minimum absolute atomic E-state index is 0.139. The Morgan fingerprint density at radius 1 is 1.10 bits per heavy atom. The third-order valence-corrected chi connectivity index (χ3v) is 3.80. The molecule has 0 saturated heterocycles. The van der Waals surface area contributed by atoms with Gasteiger partial charge in [-0.25, -0.2) is 0 Å². The summed E-state index contributed by atoms with van der Waals surface area (Å²) >= 11 is 0. The van der Waals surface area contributed by atoms with Gasteiger partial charge in [0.25, 0.3) is 0 Å². The fourth-order valence-electron chi connectivity index (χ4n) is 2.35. The zero-order valence-corrected chi connectivity index (χ0v) is 13.7. The molecule has 1 rings (SSSR count). The molecule has 0 bridgehead atoms. The van der Waals surface area contributed by atoms with Gasteiger partial charge in [0.05, 0.1) is 0 Å². The van der Waals surface area contributed by atoms with Crippen molar-refractivity contribution in [3.8, 4) is 0 Å². The van der Waals surface area contributed by atoms with E-state index in [2.05, 4.69) is 64.2 Å². The molecule has 2 nitrogen and oxygen atoms in total. The predicted octanol–water partition coefficient (Wildman–Crippen LogP) is 3.94. The molecule has 0 aliphatic carbocycles. The molecule has 0 amide bonds. The maximum Gasteiger partial charge on any atom is 0.0436 e. The molecule has 1 aromatic rings. The van der Waals surface area contributed by atoms with E-state index >= 15 is 0 Å². The van der Waals surface area contributed by atoms with Crippen LogP contribution in [0, 0.1) is 11.3 Å². The number of hydrogen-bond acceptors (Lipinski definition) is 2. The second-order valence-corrected chi connectivity index (χ2v) is 7.08. The zero-order valence-electron chi connectivity index (χ0n) is 13.7. The number of aliphatic hydroxyl groups is 1. The van der Waals surface area contributed by atoms with Crippen LogP contribution in [0.5, 0.6) is 0 Å². The van der Waals surface area contributed by atoms with Crippen molar-refractivity contribution in [1.82, 2.24) is 5.32 Å². The third kappa shape index (κ3) is 6.06. The Kier molecular flexibility index (Phi) is 6.70. The van der Waals surface area contributed by atoms with E-state index in [1.54, 1.807) is 0 Å². The van der Waals surface area contributed by atoms with Gasteiger partial charge in [0.1, 0.15) is 0 Å². The summed E-state index contributed by atoms with van der Waals surface area (Å²) < 4.78 is 0. The van der Waals surface area contributed by atoms with Crippen LogP contribution in [0.2, 0.25) is 0 Å². The molecule has 0 radical (unpaired) electrons. The van der Waals surface area contributed by atoms with E-state index < -0.39 is 0 Å². The van der Waals surface area contributed by atoms with Crippen molar-refractivity contribution < 1.29 is 5.11 Å². The van der Waals surface area contributed by atoms with Crippen molar-refractivity contribution in [3.05, 3.63) is 35.4 Å². The van der Waals surface area contributed by atoms with Crippen molar-refractivity contribution in [2.45, 2.75) is 53.5 Å². The third-order valence-electron chi connectivity index (χ3n) is 3.80. The summed E-state index contributed by atoms with van der Waals surface area (Å²) in [5, 5.41) is 12.6. The second kappa shape index (κ2) is 7.80. The minimum Gasteiger partial charge on any atom is -0.396 e. The van der Waals surface area contributed by atoms with Gasteiger partial charge in [0.15, 0.2) is 0 Å². The standard InChI is InChI=1S/C18H31NO/c1-14(2)12-16-6-8-17(9-7-16)15(3)19-13-18(4,5)10-11-20/h6-9,14-15,19-20H,10-13H2,1-5H3. The number of benzene rings is 1. The summed E-state index contributed by atoms with van der Waals surface area (Å²) in [6.07, 6.45) is 1.98. The number of hydrogen-bond donors (Lipinski definition) is 2. The molecule has 0 aliphatic rings. The average molecular weight is 277 g/mol. The Morgan fingerprint density at radius 2 is 1.70 bits per heavy atom. The molecule has 0 fully saturated rings. The van der Waals surface area contributed by atoms with E-state index in [-0.39, 0.29) is 12.0 Å². The Labute approximate surface area is 124 Å². The Morgan fingerprint density at radius 3 is 2.20 bits per heavy atom. The van der Waals surface area contributed by atoms with Gasteiger partial charge < -0.3 is 10.4 Å². The van der Waals surface area contributed by atoms with Crippen LogP contribution in [-0.4, -0.2) is 18.3 Å². The largest absolute Gasteiger partial charge is 0.396 e. The zero-order chi connectivity index (χ0) is 15.2. The van der Waals surface area contributed by atoms with E-state index in [0.29, 0.717) is 12.0 Å². The molecule has 0 heterocycles. The molecule has 1 aromatic carbocycles. The van der Waals surface area contributed by atoms with Gasteiger partial charge in [-0.2, -0.15) is 0 Å². The maximum atomic E-state index is 9.06. The topological polar surface area (TPSA) is 32.3 Å². The summed E-state index contributed by atoms with van der Waals surface area (Å²) in [5.41, 5.74) is 2.88. The Hall–Kier alpha value is -0.860.